The summed E-state index contributed by atoms with van der Waals surface area (Å²) in [6, 6.07) is 10.3. The van der Waals surface area contributed by atoms with Crippen molar-refractivity contribution in [3.05, 3.63) is 54.0 Å². The van der Waals surface area contributed by atoms with Gasteiger partial charge in [0, 0.05) is 46.9 Å². The Labute approximate surface area is 236 Å². The fourth-order valence-electron chi connectivity index (χ4n) is 5.31. The molecule has 4 N–H and O–H groups in total. The normalized spacial score (nSPS) is 15.5. The van der Waals surface area contributed by atoms with Gasteiger partial charge >= 0.3 is 0 Å². The van der Waals surface area contributed by atoms with Crippen LogP contribution in [-0.2, 0) is 6.54 Å². The molecule has 1 saturated heterocycles. The highest BCUT2D eigenvalue weighted by Gasteiger charge is 2.24. The molecule has 0 spiro atoms. The van der Waals surface area contributed by atoms with Crippen molar-refractivity contribution in [2.24, 2.45) is 5.73 Å². The standard InChI is InChI=1S/C28H37N7O.2ClH/c1-34-13-8-9-26(34)24-16-21-18-30-27(17-23(21)32-24)33-28(36)20-10-11-25-22(15-20)19-31-35(25)14-7-5-3-2-4-6-12-29;;/h10-11,15-19,26,32H,2-9,12-14,29H2,1H3,(H,30,33,36);2*1H/t26-;;/m0../s1. The minimum Gasteiger partial charge on any atom is -0.357 e. The van der Waals surface area contributed by atoms with Gasteiger partial charge in [-0.15, -0.1) is 24.8 Å². The molecular formula is C28H39Cl2N7O. The highest BCUT2D eigenvalue weighted by molar-refractivity contribution is 6.06. The van der Waals surface area contributed by atoms with Crippen molar-refractivity contribution >= 4 is 58.3 Å². The summed E-state index contributed by atoms with van der Waals surface area (Å²) in [6.45, 7) is 2.81. The summed E-state index contributed by atoms with van der Waals surface area (Å²) in [5.41, 5.74) is 9.42. The monoisotopic (exact) mass is 559 g/mol. The van der Waals surface area contributed by atoms with Crippen LogP contribution in [0.4, 0.5) is 5.82 Å². The maximum absolute atomic E-state index is 13.0. The highest BCUT2D eigenvalue weighted by atomic mass is 35.5. The number of carbonyl (C=O) groups excluding carboxylic acids is 1. The van der Waals surface area contributed by atoms with Gasteiger partial charge in [-0.3, -0.25) is 14.4 Å². The summed E-state index contributed by atoms with van der Waals surface area (Å²) >= 11 is 0. The third kappa shape index (κ3) is 6.86. The molecule has 206 valence electrons. The van der Waals surface area contributed by atoms with Gasteiger partial charge < -0.3 is 16.0 Å². The molecule has 1 atom stereocenters. The number of nitrogens with two attached hydrogens (primary N) is 1. The van der Waals surface area contributed by atoms with Crippen LogP contribution >= 0.6 is 24.8 Å². The van der Waals surface area contributed by atoms with Crippen molar-refractivity contribution < 1.29 is 4.79 Å². The van der Waals surface area contributed by atoms with Crippen molar-refractivity contribution in [2.45, 2.75) is 64.0 Å². The first kappa shape index (κ1) is 29.9. The number of amides is 1. The average Bonchev–Trinajstić information content (AvgIpc) is 3.60. The number of likely N-dealkylation sites (tertiary alicyclic amines) is 1. The molecule has 38 heavy (non-hydrogen) atoms. The van der Waals surface area contributed by atoms with Gasteiger partial charge in [-0.2, -0.15) is 5.10 Å². The molecule has 0 aliphatic carbocycles. The third-order valence-electron chi connectivity index (χ3n) is 7.37. The number of hydrogen-bond donors (Lipinski definition) is 3. The lowest BCUT2D eigenvalue weighted by Gasteiger charge is -2.17. The van der Waals surface area contributed by atoms with E-state index in [1.54, 1.807) is 0 Å². The van der Waals surface area contributed by atoms with Crippen molar-refractivity contribution in [1.29, 1.82) is 0 Å². The molecule has 0 unspecified atom stereocenters. The second kappa shape index (κ2) is 13.9. The van der Waals surface area contributed by atoms with E-state index in [1.807, 2.05) is 41.3 Å². The Kier molecular flexibility index (Phi) is 11.0. The number of anilines is 1. The molecule has 1 fully saturated rings. The van der Waals surface area contributed by atoms with Crippen LogP contribution in [0.3, 0.4) is 0 Å². The van der Waals surface area contributed by atoms with Crippen LogP contribution in [0.25, 0.3) is 21.8 Å². The zero-order valence-corrected chi connectivity index (χ0v) is 23.6. The fourth-order valence-corrected chi connectivity index (χ4v) is 5.31. The molecule has 10 heteroatoms. The van der Waals surface area contributed by atoms with Gasteiger partial charge in [-0.1, -0.05) is 25.7 Å². The van der Waals surface area contributed by atoms with Crippen molar-refractivity contribution in [1.82, 2.24) is 24.6 Å². The summed E-state index contributed by atoms with van der Waals surface area (Å²) in [4.78, 5) is 23.4. The zero-order valence-electron chi connectivity index (χ0n) is 22.0. The van der Waals surface area contributed by atoms with Crippen LogP contribution in [0, 0.1) is 0 Å². The molecule has 0 radical (unpaired) electrons. The minimum absolute atomic E-state index is 0. The maximum Gasteiger partial charge on any atom is 0.256 e. The highest BCUT2D eigenvalue weighted by Crippen LogP contribution is 2.32. The summed E-state index contributed by atoms with van der Waals surface area (Å²) < 4.78 is 2.04. The van der Waals surface area contributed by atoms with E-state index in [9.17, 15) is 4.79 Å². The number of hydrogen-bond acceptors (Lipinski definition) is 5. The molecule has 1 aromatic carbocycles. The summed E-state index contributed by atoms with van der Waals surface area (Å²) in [6.07, 6.45) is 13.2. The number of aromatic nitrogens is 4. The number of H-pyrrole nitrogens is 1. The van der Waals surface area contributed by atoms with Gasteiger partial charge in [0.1, 0.15) is 5.82 Å². The number of nitrogens with zero attached hydrogens (tertiary/aromatic N) is 4. The van der Waals surface area contributed by atoms with Crippen LogP contribution < -0.4 is 11.1 Å². The summed E-state index contributed by atoms with van der Waals surface area (Å²) in [5, 5.41) is 9.54. The van der Waals surface area contributed by atoms with E-state index in [0.29, 0.717) is 17.4 Å². The van der Waals surface area contributed by atoms with Gasteiger partial charge in [0.25, 0.3) is 5.91 Å². The van der Waals surface area contributed by atoms with Gasteiger partial charge in [0.15, 0.2) is 0 Å². The summed E-state index contributed by atoms with van der Waals surface area (Å²) in [7, 11) is 2.17. The number of benzene rings is 1. The van der Waals surface area contributed by atoms with Crippen LogP contribution in [0.2, 0.25) is 0 Å². The van der Waals surface area contributed by atoms with Gasteiger partial charge in [-0.25, -0.2) is 4.98 Å². The van der Waals surface area contributed by atoms with Crippen LogP contribution in [0.15, 0.2) is 42.7 Å². The number of rotatable bonds is 11. The predicted octanol–water partition coefficient (Wildman–Crippen LogP) is 6.07. The van der Waals surface area contributed by atoms with Crippen molar-refractivity contribution in [3.63, 3.8) is 0 Å². The van der Waals surface area contributed by atoms with Gasteiger partial charge in [0.05, 0.1) is 17.2 Å². The lowest BCUT2D eigenvalue weighted by atomic mass is 10.1. The largest absolute Gasteiger partial charge is 0.357 e. The average molecular weight is 561 g/mol. The molecule has 1 amide bonds. The molecule has 0 saturated carbocycles. The second-order valence-corrected chi connectivity index (χ2v) is 10.0. The van der Waals surface area contributed by atoms with Crippen molar-refractivity contribution in [2.75, 3.05) is 25.5 Å². The molecule has 1 aliphatic heterocycles. The fraction of sp³-hybridized carbons (Fsp3) is 0.464. The first-order chi connectivity index (χ1) is 17.6. The molecular weight excluding hydrogens is 521 g/mol. The van der Waals surface area contributed by atoms with Crippen LogP contribution in [-0.4, -0.2) is 50.7 Å². The predicted molar refractivity (Wildman–Crippen MR) is 160 cm³/mol. The Bertz CT molecular complexity index is 1340. The van der Waals surface area contributed by atoms with Gasteiger partial charge in [-0.05, 0) is 70.1 Å². The van der Waals surface area contributed by atoms with Crippen LogP contribution in [0.5, 0.6) is 0 Å². The molecule has 0 bridgehead atoms. The second-order valence-electron chi connectivity index (χ2n) is 10.0. The van der Waals surface area contributed by atoms with E-state index >= 15 is 0 Å². The Balaban J connectivity index is 0.00000200. The Morgan fingerprint density at radius 1 is 1.05 bits per heavy atom. The van der Waals surface area contributed by atoms with E-state index < -0.39 is 0 Å². The molecule has 4 heterocycles. The van der Waals surface area contributed by atoms with Crippen molar-refractivity contribution in [3.8, 4) is 0 Å². The first-order valence-corrected chi connectivity index (χ1v) is 13.3. The summed E-state index contributed by atoms with van der Waals surface area (Å²) in [5.74, 6) is 0.374. The number of carbonyl (C=O) groups is 1. The zero-order chi connectivity index (χ0) is 24.9. The smallest absolute Gasteiger partial charge is 0.256 e. The topological polar surface area (TPSA) is 105 Å². The number of unbranched alkanes of at least 4 members (excludes halogenated alkanes) is 5. The Morgan fingerprint density at radius 2 is 1.84 bits per heavy atom. The number of aryl methyl sites for hydroxylation is 1. The SMILES string of the molecule is CN1CCC[C@H]1c1cc2cnc(NC(=O)c3ccc4c(cnn4CCCCCCCCN)c3)cc2[nH]1.Cl.Cl. The van der Waals surface area contributed by atoms with E-state index in [4.69, 9.17) is 5.73 Å². The Hall–Kier alpha value is -2.65. The van der Waals surface area contributed by atoms with E-state index in [2.05, 4.69) is 38.4 Å². The van der Waals surface area contributed by atoms with E-state index in [-0.39, 0.29) is 30.7 Å². The molecule has 3 aromatic heterocycles. The van der Waals surface area contributed by atoms with E-state index in [1.165, 1.54) is 37.8 Å². The lowest BCUT2D eigenvalue weighted by Crippen LogP contribution is -2.17. The van der Waals surface area contributed by atoms with Gasteiger partial charge in [0.2, 0.25) is 0 Å². The molecule has 1 aliphatic rings. The number of pyridine rings is 1. The first-order valence-electron chi connectivity index (χ1n) is 13.3. The maximum atomic E-state index is 13.0. The minimum atomic E-state index is -0.170. The van der Waals surface area contributed by atoms with Crippen LogP contribution in [0.1, 0.15) is 73.5 Å². The Morgan fingerprint density at radius 3 is 2.61 bits per heavy atom. The molecule has 8 nitrogen and oxygen atoms in total. The van der Waals surface area contributed by atoms with E-state index in [0.717, 1.165) is 60.7 Å². The molecule has 5 rings (SSSR count). The lowest BCUT2D eigenvalue weighted by molar-refractivity contribution is 0.102. The number of halogens is 2. The number of nitrogens with one attached hydrogen (secondary N) is 2. The third-order valence-corrected chi connectivity index (χ3v) is 7.37. The molecule has 4 aromatic rings. The quantitative estimate of drug-likeness (QED) is 0.193. The number of fused-ring (bicyclic) bond motifs is 2. The number of aromatic amines is 1.